The molecule has 0 unspecified atom stereocenters. The Balaban J connectivity index is 2.03. The van der Waals surface area contributed by atoms with E-state index < -0.39 is 0 Å². The molecule has 0 radical (unpaired) electrons. The van der Waals surface area contributed by atoms with Gasteiger partial charge in [0.2, 0.25) is 0 Å². The monoisotopic (exact) mass is 258 g/mol. The normalized spacial score (nSPS) is 10.5. The molecule has 2 aromatic rings. The molecule has 0 fully saturated rings. The molecule has 100 valence electrons. The lowest BCUT2D eigenvalue weighted by Gasteiger charge is -2.06. The molecule has 1 aromatic carbocycles. The maximum Gasteiger partial charge on any atom is 0.162 e. The van der Waals surface area contributed by atoms with Crippen molar-refractivity contribution in [1.29, 1.82) is 0 Å². The molecular weight excluding hydrogens is 240 g/mol. The molecule has 2 rings (SSSR count). The van der Waals surface area contributed by atoms with Gasteiger partial charge in [0.05, 0.1) is 5.69 Å². The largest absolute Gasteiger partial charge is 0.381 e. The Morgan fingerprint density at radius 2 is 1.95 bits per heavy atom. The van der Waals surface area contributed by atoms with Crippen LogP contribution in [0.25, 0.3) is 0 Å². The van der Waals surface area contributed by atoms with E-state index in [1.165, 1.54) is 0 Å². The van der Waals surface area contributed by atoms with Crippen molar-refractivity contribution in [2.24, 2.45) is 0 Å². The number of hydrogen-bond donors (Lipinski definition) is 1. The molecule has 0 aliphatic rings. The summed E-state index contributed by atoms with van der Waals surface area (Å²) in [7, 11) is 0. The third-order valence-corrected chi connectivity index (χ3v) is 3.18. The number of nitrogens with one attached hydrogen (secondary N) is 1. The molecule has 0 bridgehead atoms. The fourth-order valence-corrected chi connectivity index (χ4v) is 1.92. The van der Waals surface area contributed by atoms with E-state index >= 15 is 0 Å². The van der Waals surface area contributed by atoms with Gasteiger partial charge in [-0.2, -0.15) is 0 Å². The highest BCUT2D eigenvalue weighted by Gasteiger charge is 2.08. The first-order valence-corrected chi connectivity index (χ1v) is 6.40. The van der Waals surface area contributed by atoms with Gasteiger partial charge in [-0.05, 0) is 38.1 Å². The second-order valence-electron chi connectivity index (χ2n) is 4.51. The van der Waals surface area contributed by atoms with Crippen molar-refractivity contribution in [2.75, 3.05) is 5.32 Å². The van der Waals surface area contributed by atoms with Gasteiger partial charge in [0, 0.05) is 29.8 Å². The molecule has 0 amide bonds. The van der Waals surface area contributed by atoms with Crippen LogP contribution in [0.4, 0.5) is 5.69 Å². The Kier molecular flexibility index (Phi) is 4.00. The highest BCUT2D eigenvalue weighted by molar-refractivity contribution is 5.96. The van der Waals surface area contributed by atoms with E-state index in [1.807, 2.05) is 45.0 Å². The lowest BCUT2D eigenvalue weighted by atomic mass is 10.1. The number of Topliss-reactive ketones (excluding diaryl/α,β-unsaturated/α-hetero) is 1. The van der Waals surface area contributed by atoms with Crippen molar-refractivity contribution >= 4 is 11.5 Å². The summed E-state index contributed by atoms with van der Waals surface area (Å²) in [5.41, 5.74) is 3.72. The van der Waals surface area contributed by atoms with E-state index in [1.54, 1.807) is 0 Å². The number of carbonyl (C=O) groups is 1. The number of hydrogen-bond acceptors (Lipinski definition) is 4. The average molecular weight is 258 g/mol. The molecule has 0 saturated carbocycles. The summed E-state index contributed by atoms with van der Waals surface area (Å²) in [6.45, 7) is 6.37. The first-order chi connectivity index (χ1) is 9.11. The molecule has 1 aromatic heterocycles. The minimum absolute atomic E-state index is 0.164. The molecular formula is C15H18N2O2. The Bertz CT molecular complexity index is 551. The minimum atomic E-state index is 0.164. The first kappa shape index (κ1) is 13.3. The van der Waals surface area contributed by atoms with E-state index in [4.69, 9.17) is 4.52 Å². The van der Waals surface area contributed by atoms with Crippen LogP contribution in [0, 0.1) is 13.8 Å². The fourth-order valence-electron chi connectivity index (χ4n) is 1.92. The molecule has 0 spiro atoms. The molecule has 19 heavy (non-hydrogen) atoms. The summed E-state index contributed by atoms with van der Waals surface area (Å²) < 4.78 is 5.11. The van der Waals surface area contributed by atoms with Gasteiger partial charge in [-0.1, -0.05) is 12.1 Å². The SMILES string of the molecule is CCC(=O)c1ccc(NCc2c(C)noc2C)cc1. The predicted molar refractivity (Wildman–Crippen MR) is 74.4 cm³/mol. The zero-order valence-corrected chi connectivity index (χ0v) is 11.5. The van der Waals surface area contributed by atoms with Gasteiger partial charge in [-0.3, -0.25) is 4.79 Å². The molecule has 0 aliphatic heterocycles. The number of ketones is 1. The standard InChI is InChI=1S/C15H18N2O2/c1-4-15(18)12-5-7-13(8-6-12)16-9-14-10(2)17-19-11(14)3/h5-8,16H,4,9H2,1-3H3. The van der Waals surface area contributed by atoms with Crippen molar-refractivity contribution in [3.63, 3.8) is 0 Å². The summed E-state index contributed by atoms with van der Waals surface area (Å²) in [5, 5.41) is 7.22. The molecule has 1 N–H and O–H groups in total. The summed E-state index contributed by atoms with van der Waals surface area (Å²) in [4.78, 5) is 11.5. The number of carbonyl (C=O) groups excluding carboxylic acids is 1. The maximum absolute atomic E-state index is 11.5. The van der Waals surface area contributed by atoms with Crippen molar-refractivity contribution < 1.29 is 9.32 Å². The predicted octanol–water partition coefficient (Wildman–Crippen LogP) is 3.50. The number of aromatic nitrogens is 1. The molecule has 4 heteroatoms. The summed E-state index contributed by atoms with van der Waals surface area (Å²) in [6.07, 6.45) is 0.534. The van der Waals surface area contributed by atoms with Gasteiger partial charge < -0.3 is 9.84 Å². The van der Waals surface area contributed by atoms with Gasteiger partial charge in [0.25, 0.3) is 0 Å². The van der Waals surface area contributed by atoms with Gasteiger partial charge >= 0.3 is 0 Å². The highest BCUT2D eigenvalue weighted by atomic mass is 16.5. The number of anilines is 1. The van der Waals surface area contributed by atoms with Crippen molar-refractivity contribution in [2.45, 2.75) is 33.7 Å². The van der Waals surface area contributed by atoms with E-state index in [2.05, 4.69) is 10.5 Å². The van der Waals surface area contributed by atoms with Crippen LogP contribution in [0.15, 0.2) is 28.8 Å². The van der Waals surface area contributed by atoms with Crippen LogP contribution in [-0.2, 0) is 6.54 Å². The third kappa shape index (κ3) is 3.02. The number of aryl methyl sites for hydroxylation is 2. The van der Waals surface area contributed by atoms with E-state index in [0.29, 0.717) is 13.0 Å². The Morgan fingerprint density at radius 1 is 1.26 bits per heavy atom. The van der Waals surface area contributed by atoms with E-state index in [9.17, 15) is 4.79 Å². The Hall–Kier alpha value is -2.10. The zero-order valence-electron chi connectivity index (χ0n) is 11.5. The average Bonchev–Trinajstić information content (AvgIpc) is 2.75. The van der Waals surface area contributed by atoms with Crippen LogP contribution < -0.4 is 5.32 Å². The van der Waals surface area contributed by atoms with Crippen molar-refractivity contribution in [3.05, 3.63) is 46.8 Å². The number of benzene rings is 1. The Labute approximate surface area is 112 Å². The van der Waals surface area contributed by atoms with Crippen LogP contribution >= 0.6 is 0 Å². The van der Waals surface area contributed by atoms with Gasteiger partial charge in [0.15, 0.2) is 5.78 Å². The zero-order chi connectivity index (χ0) is 13.8. The maximum atomic E-state index is 11.5. The van der Waals surface area contributed by atoms with E-state index in [0.717, 1.165) is 28.3 Å². The molecule has 0 aliphatic carbocycles. The summed E-state index contributed by atoms with van der Waals surface area (Å²) in [6, 6.07) is 7.53. The second kappa shape index (κ2) is 5.69. The van der Waals surface area contributed by atoms with Gasteiger partial charge in [0.1, 0.15) is 5.76 Å². The number of nitrogens with zero attached hydrogens (tertiary/aromatic N) is 1. The smallest absolute Gasteiger partial charge is 0.162 e. The highest BCUT2D eigenvalue weighted by Crippen LogP contribution is 2.16. The molecule has 1 heterocycles. The first-order valence-electron chi connectivity index (χ1n) is 6.40. The Morgan fingerprint density at radius 3 is 2.47 bits per heavy atom. The van der Waals surface area contributed by atoms with Gasteiger partial charge in [-0.25, -0.2) is 0 Å². The molecule has 0 saturated heterocycles. The molecule has 4 nitrogen and oxygen atoms in total. The number of rotatable bonds is 5. The molecule has 0 atom stereocenters. The lowest BCUT2D eigenvalue weighted by Crippen LogP contribution is -2.02. The lowest BCUT2D eigenvalue weighted by molar-refractivity contribution is 0.0988. The topological polar surface area (TPSA) is 55.1 Å². The van der Waals surface area contributed by atoms with Crippen LogP contribution in [0.5, 0.6) is 0 Å². The quantitative estimate of drug-likeness (QED) is 0.834. The summed E-state index contributed by atoms with van der Waals surface area (Å²) in [5.74, 6) is 1.00. The van der Waals surface area contributed by atoms with Crippen LogP contribution in [-0.4, -0.2) is 10.9 Å². The fraction of sp³-hybridized carbons (Fsp3) is 0.333. The second-order valence-corrected chi connectivity index (χ2v) is 4.51. The minimum Gasteiger partial charge on any atom is -0.381 e. The van der Waals surface area contributed by atoms with Gasteiger partial charge in [-0.15, -0.1) is 0 Å². The summed E-state index contributed by atoms with van der Waals surface area (Å²) >= 11 is 0. The third-order valence-electron chi connectivity index (χ3n) is 3.18. The van der Waals surface area contributed by atoms with Crippen molar-refractivity contribution in [3.8, 4) is 0 Å². The van der Waals surface area contributed by atoms with Crippen LogP contribution in [0.1, 0.15) is 40.7 Å². The van der Waals surface area contributed by atoms with Crippen LogP contribution in [0.2, 0.25) is 0 Å². The van der Waals surface area contributed by atoms with E-state index in [-0.39, 0.29) is 5.78 Å². The van der Waals surface area contributed by atoms with Crippen molar-refractivity contribution in [1.82, 2.24) is 5.16 Å². The van der Waals surface area contributed by atoms with Crippen LogP contribution in [0.3, 0.4) is 0 Å².